The largest absolute Gasteiger partial charge is 0.481 e. The molecule has 0 radical (unpaired) electrons. The van der Waals surface area contributed by atoms with E-state index in [0.717, 1.165) is 16.5 Å². The third-order valence-corrected chi connectivity index (χ3v) is 3.30. The number of rotatable bonds is 4. The molecule has 0 saturated carbocycles. The highest BCUT2D eigenvalue weighted by Crippen LogP contribution is 2.23. The van der Waals surface area contributed by atoms with E-state index < -0.39 is 11.9 Å². The SMILES string of the molecule is CC(=O)N(CC(C)C(=O)O)c1ccc2ccccc2c1. The third kappa shape index (κ3) is 2.96. The Morgan fingerprint density at radius 1 is 1.15 bits per heavy atom. The van der Waals surface area contributed by atoms with Crippen LogP contribution < -0.4 is 4.90 Å². The molecule has 1 amide bonds. The number of nitrogens with zero attached hydrogens (tertiary/aromatic N) is 1. The second kappa shape index (κ2) is 5.74. The summed E-state index contributed by atoms with van der Waals surface area (Å²) in [5, 5.41) is 11.1. The van der Waals surface area contributed by atoms with Crippen molar-refractivity contribution in [3.8, 4) is 0 Å². The van der Waals surface area contributed by atoms with E-state index in [1.54, 1.807) is 6.92 Å². The summed E-state index contributed by atoms with van der Waals surface area (Å²) in [6, 6.07) is 13.5. The van der Waals surface area contributed by atoms with Crippen molar-refractivity contribution in [3.63, 3.8) is 0 Å². The van der Waals surface area contributed by atoms with Gasteiger partial charge in [-0.15, -0.1) is 0 Å². The van der Waals surface area contributed by atoms with Crippen LogP contribution >= 0.6 is 0 Å². The van der Waals surface area contributed by atoms with Crippen molar-refractivity contribution in [2.45, 2.75) is 13.8 Å². The molecule has 1 atom stereocenters. The summed E-state index contributed by atoms with van der Waals surface area (Å²) in [5.41, 5.74) is 0.726. The van der Waals surface area contributed by atoms with Gasteiger partial charge in [0.15, 0.2) is 0 Å². The minimum atomic E-state index is -0.906. The summed E-state index contributed by atoms with van der Waals surface area (Å²) in [6.07, 6.45) is 0. The van der Waals surface area contributed by atoms with E-state index in [1.807, 2.05) is 42.5 Å². The van der Waals surface area contributed by atoms with Crippen molar-refractivity contribution in [1.82, 2.24) is 0 Å². The maximum Gasteiger partial charge on any atom is 0.308 e. The van der Waals surface area contributed by atoms with Gasteiger partial charge in [-0.25, -0.2) is 0 Å². The molecule has 1 unspecified atom stereocenters. The first-order chi connectivity index (χ1) is 9.49. The molecular weight excluding hydrogens is 254 g/mol. The van der Waals surface area contributed by atoms with E-state index in [0.29, 0.717) is 0 Å². The lowest BCUT2D eigenvalue weighted by Crippen LogP contribution is -2.35. The molecule has 0 aliphatic heterocycles. The molecule has 104 valence electrons. The maximum atomic E-state index is 11.8. The lowest BCUT2D eigenvalue weighted by atomic mass is 10.1. The third-order valence-electron chi connectivity index (χ3n) is 3.30. The van der Waals surface area contributed by atoms with Crippen molar-refractivity contribution in [3.05, 3.63) is 42.5 Å². The minimum absolute atomic E-state index is 0.159. The Labute approximate surface area is 117 Å². The fourth-order valence-corrected chi connectivity index (χ4v) is 2.11. The van der Waals surface area contributed by atoms with Crippen LogP contribution in [0.15, 0.2) is 42.5 Å². The second-order valence-corrected chi connectivity index (χ2v) is 4.90. The molecule has 0 heterocycles. The summed E-state index contributed by atoms with van der Waals surface area (Å²) in [6.45, 7) is 3.21. The Morgan fingerprint density at radius 2 is 1.80 bits per heavy atom. The molecule has 2 aromatic carbocycles. The van der Waals surface area contributed by atoms with Gasteiger partial charge < -0.3 is 10.0 Å². The van der Waals surface area contributed by atoms with Crippen molar-refractivity contribution >= 4 is 28.3 Å². The molecule has 0 spiro atoms. The zero-order valence-corrected chi connectivity index (χ0v) is 11.5. The minimum Gasteiger partial charge on any atom is -0.481 e. The molecule has 4 heteroatoms. The Bertz CT molecular complexity index is 651. The van der Waals surface area contributed by atoms with Gasteiger partial charge in [-0.1, -0.05) is 37.3 Å². The molecule has 0 aliphatic rings. The fourth-order valence-electron chi connectivity index (χ4n) is 2.11. The molecule has 0 fully saturated rings. The molecule has 0 aromatic heterocycles. The summed E-state index contributed by atoms with van der Waals surface area (Å²) >= 11 is 0. The van der Waals surface area contributed by atoms with Gasteiger partial charge in [-0.2, -0.15) is 0 Å². The molecule has 20 heavy (non-hydrogen) atoms. The number of anilines is 1. The first-order valence-corrected chi connectivity index (χ1v) is 6.48. The van der Waals surface area contributed by atoms with Gasteiger partial charge in [-0.3, -0.25) is 9.59 Å². The quantitative estimate of drug-likeness (QED) is 0.930. The average molecular weight is 271 g/mol. The van der Waals surface area contributed by atoms with Gasteiger partial charge >= 0.3 is 5.97 Å². The van der Waals surface area contributed by atoms with E-state index >= 15 is 0 Å². The van der Waals surface area contributed by atoms with Crippen molar-refractivity contribution in [1.29, 1.82) is 0 Å². The number of amides is 1. The van der Waals surface area contributed by atoms with E-state index in [4.69, 9.17) is 5.11 Å². The number of carboxylic acid groups (broad SMARTS) is 1. The highest BCUT2D eigenvalue weighted by Gasteiger charge is 2.19. The van der Waals surface area contributed by atoms with Gasteiger partial charge in [0, 0.05) is 19.2 Å². The zero-order valence-electron chi connectivity index (χ0n) is 11.5. The standard InChI is InChI=1S/C16H17NO3/c1-11(16(19)20)10-17(12(2)18)15-8-7-13-5-3-4-6-14(13)9-15/h3-9,11H,10H2,1-2H3,(H,19,20). The maximum absolute atomic E-state index is 11.8. The smallest absolute Gasteiger partial charge is 0.308 e. The molecule has 0 bridgehead atoms. The Kier molecular flexibility index (Phi) is 4.03. The number of benzene rings is 2. The molecular formula is C16H17NO3. The molecule has 2 aromatic rings. The number of carboxylic acids is 1. The van der Waals surface area contributed by atoms with Gasteiger partial charge in [0.05, 0.1) is 5.92 Å². The van der Waals surface area contributed by atoms with Crippen molar-refractivity contribution < 1.29 is 14.7 Å². The van der Waals surface area contributed by atoms with Crippen LogP contribution in [0.3, 0.4) is 0 Å². The van der Waals surface area contributed by atoms with E-state index in [9.17, 15) is 9.59 Å². The number of carbonyl (C=O) groups excluding carboxylic acids is 1. The first kappa shape index (κ1) is 14.1. The van der Waals surface area contributed by atoms with E-state index in [-0.39, 0.29) is 12.5 Å². The van der Waals surface area contributed by atoms with Crippen LogP contribution in [0.1, 0.15) is 13.8 Å². The first-order valence-electron chi connectivity index (χ1n) is 6.48. The fraction of sp³-hybridized carbons (Fsp3) is 0.250. The van der Waals surface area contributed by atoms with Crippen LogP contribution in [0.25, 0.3) is 10.8 Å². The predicted octanol–water partition coefficient (Wildman–Crippen LogP) is 2.91. The summed E-state index contributed by atoms with van der Waals surface area (Å²) in [4.78, 5) is 24.2. The van der Waals surface area contributed by atoms with Gasteiger partial charge in [0.1, 0.15) is 0 Å². The summed E-state index contributed by atoms with van der Waals surface area (Å²) < 4.78 is 0. The van der Waals surface area contributed by atoms with Gasteiger partial charge in [-0.05, 0) is 22.9 Å². The molecule has 1 N–H and O–H groups in total. The van der Waals surface area contributed by atoms with Crippen molar-refractivity contribution in [2.75, 3.05) is 11.4 Å². The van der Waals surface area contributed by atoms with E-state index in [2.05, 4.69) is 0 Å². The Balaban J connectivity index is 2.36. The topological polar surface area (TPSA) is 57.6 Å². The number of hydrogen-bond donors (Lipinski definition) is 1. The second-order valence-electron chi connectivity index (χ2n) is 4.90. The molecule has 4 nitrogen and oxygen atoms in total. The van der Waals surface area contributed by atoms with Crippen LogP contribution in [0.5, 0.6) is 0 Å². The summed E-state index contributed by atoms with van der Waals surface area (Å²) in [7, 11) is 0. The lowest BCUT2D eigenvalue weighted by molar-refractivity contribution is -0.140. The molecule has 2 rings (SSSR count). The predicted molar refractivity (Wildman–Crippen MR) is 78.8 cm³/mol. The van der Waals surface area contributed by atoms with Crippen molar-refractivity contribution in [2.24, 2.45) is 5.92 Å². The normalized spacial score (nSPS) is 12.1. The number of fused-ring (bicyclic) bond motifs is 1. The van der Waals surface area contributed by atoms with E-state index in [1.165, 1.54) is 11.8 Å². The highest BCUT2D eigenvalue weighted by atomic mass is 16.4. The molecule has 0 saturated heterocycles. The average Bonchev–Trinajstić information content (AvgIpc) is 2.43. The number of hydrogen-bond acceptors (Lipinski definition) is 2. The Morgan fingerprint density at radius 3 is 2.40 bits per heavy atom. The van der Waals surface area contributed by atoms with Gasteiger partial charge in [0.2, 0.25) is 5.91 Å². The van der Waals surface area contributed by atoms with Crippen LogP contribution in [-0.2, 0) is 9.59 Å². The highest BCUT2D eigenvalue weighted by molar-refractivity contribution is 5.95. The lowest BCUT2D eigenvalue weighted by Gasteiger charge is -2.23. The van der Waals surface area contributed by atoms with Crippen LogP contribution in [-0.4, -0.2) is 23.5 Å². The van der Waals surface area contributed by atoms with Gasteiger partial charge in [0.25, 0.3) is 0 Å². The Hall–Kier alpha value is -2.36. The molecule has 0 aliphatic carbocycles. The summed E-state index contributed by atoms with van der Waals surface area (Å²) in [5.74, 6) is -1.67. The monoisotopic (exact) mass is 271 g/mol. The number of carbonyl (C=O) groups is 2. The number of aliphatic carboxylic acids is 1. The zero-order chi connectivity index (χ0) is 14.7. The van der Waals surface area contributed by atoms with Crippen LogP contribution in [0.4, 0.5) is 5.69 Å². The van der Waals surface area contributed by atoms with Crippen LogP contribution in [0, 0.1) is 5.92 Å². The van der Waals surface area contributed by atoms with Crippen LogP contribution in [0.2, 0.25) is 0 Å².